The van der Waals surface area contributed by atoms with Gasteiger partial charge in [-0.25, -0.2) is 9.59 Å². The lowest BCUT2D eigenvalue weighted by Crippen LogP contribution is -2.48. The maximum atomic E-state index is 12.5. The van der Waals surface area contributed by atoms with E-state index in [1.807, 2.05) is 30.3 Å². The minimum Gasteiger partial charge on any atom is -0.457 e. The van der Waals surface area contributed by atoms with Crippen molar-refractivity contribution in [2.45, 2.75) is 85.2 Å². The monoisotopic (exact) mass is 433 g/mol. The molecule has 7 nitrogen and oxygen atoms in total. The molecule has 0 aliphatic carbocycles. The quantitative estimate of drug-likeness (QED) is 0.391. The van der Waals surface area contributed by atoms with Gasteiger partial charge < -0.3 is 19.5 Å². The van der Waals surface area contributed by atoms with Gasteiger partial charge in [0.25, 0.3) is 0 Å². The van der Waals surface area contributed by atoms with Crippen molar-refractivity contribution < 1.29 is 28.6 Å². The summed E-state index contributed by atoms with van der Waals surface area (Å²) in [6, 6.07) is 8.79. The molecular weight excluding hydrogens is 398 g/mol. The molecule has 0 spiro atoms. The maximum Gasteiger partial charge on any atom is 0.408 e. The Hall–Kier alpha value is -2.83. The van der Waals surface area contributed by atoms with E-state index in [9.17, 15) is 14.4 Å². The number of amides is 1. The second-order valence-corrected chi connectivity index (χ2v) is 9.39. The van der Waals surface area contributed by atoms with Gasteiger partial charge in [-0.05, 0) is 66.0 Å². The van der Waals surface area contributed by atoms with E-state index >= 15 is 0 Å². The normalized spacial score (nSPS) is 14.3. The highest BCUT2D eigenvalue weighted by Crippen LogP contribution is 2.18. The van der Waals surface area contributed by atoms with Crippen molar-refractivity contribution in [1.82, 2.24) is 5.32 Å². The number of nitrogens with one attached hydrogen (secondary N) is 1. The molecule has 1 aromatic carbocycles. The van der Waals surface area contributed by atoms with Crippen LogP contribution in [-0.2, 0) is 30.2 Å². The van der Waals surface area contributed by atoms with E-state index in [0.29, 0.717) is 12.0 Å². The number of hydrogen-bond acceptors (Lipinski definition) is 6. The van der Waals surface area contributed by atoms with E-state index in [2.05, 4.69) is 5.32 Å². The van der Waals surface area contributed by atoms with E-state index < -0.39 is 41.4 Å². The van der Waals surface area contributed by atoms with Gasteiger partial charge in [0.05, 0.1) is 6.04 Å². The van der Waals surface area contributed by atoms with Crippen molar-refractivity contribution in [2.24, 2.45) is 0 Å². The molecule has 0 fully saturated rings. The third kappa shape index (κ3) is 11.2. The van der Waals surface area contributed by atoms with Gasteiger partial charge in [0.2, 0.25) is 0 Å². The topological polar surface area (TPSA) is 90.9 Å². The Morgan fingerprint density at radius 1 is 0.935 bits per heavy atom. The zero-order valence-corrected chi connectivity index (χ0v) is 19.8. The van der Waals surface area contributed by atoms with Gasteiger partial charge in [-0.3, -0.25) is 4.79 Å². The molecule has 0 heterocycles. The number of esters is 2. The SMILES string of the molecule is CC(=O)O[C@H](/C(C)=C/C(=O)OC(C)(C)C)[C@@H](Cc1ccccc1)NC(=O)OC(C)(C)C. The average Bonchev–Trinajstić information content (AvgIpc) is 2.56. The van der Waals surface area contributed by atoms with E-state index in [4.69, 9.17) is 14.2 Å². The molecule has 1 amide bonds. The maximum absolute atomic E-state index is 12.5. The van der Waals surface area contributed by atoms with Crippen molar-refractivity contribution in [3.8, 4) is 0 Å². The number of ether oxygens (including phenoxy) is 3. The summed E-state index contributed by atoms with van der Waals surface area (Å²) < 4.78 is 16.3. The third-order valence-corrected chi connectivity index (χ3v) is 3.86. The smallest absolute Gasteiger partial charge is 0.408 e. The molecule has 0 aromatic heterocycles. The summed E-state index contributed by atoms with van der Waals surface area (Å²) in [7, 11) is 0. The number of carbonyl (C=O) groups excluding carboxylic acids is 3. The molecule has 0 bridgehead atoms. The van der Waals surface area contributed by atoms with E-state index in [0.717, 1.165) is 5.56 Å². The second-order valence-electron chi connectivity index (χ2n) is 9.39. The van der Waals surface area contributed by atoms with Crippen LogP contribution in [0.15, 0.2) is 42.0 Å². The number of carbonyl (C=O) groups is 3. The van der Waals surface area contributed by atoms with Crippen LogP contribution in [0.4, 0.5) is 4.79 Å². The lowest BCUT2D eigenvalue weighted by molar-refractivity contribution is -0.150. The van der Waals surface area contributed by atoms with Crippen LogP contribution < -0.4 is 5.32 Å². The summed E-state index contributed by atoms with van der Waals surface area (Å²) in [5.74, 6) is -1.09. The lowest BCUT2D eigenvalue weighted by Gasteiger charge is -2.30. The Morgan fingerprint density at radius 2 is 1.48 bits per heavy atom. The van der Waals surface area contributed by atoms with Gasteiger partial charge in [-0.1, -0.05) is 30.3 Å². The predicted octanol–water partition coefficient (Wildman–Crippen LogP) is 4.34. The predicted molar refractivity (Wildman–Crippen MR) is 118 cm³/mol. The van der Waals surface area contributed by atoms with Gasteiger partial charge >= 0.3 is 18.0 Å². The zero-order valence-electron chi connectivity index (χ0n) is 19.8. The van der Waals surface area contributed by atoms with Crippen molar-refractivity contribution in [3.63, 3.8) is 0 Å². The first-order valence-electron chi connectivity index (χ1n) is 10.3. The number of hydrogen-bond donors (Lipinski definition) is 1. The average molecular weight is 434 g/mol. The summed E-state index contributed by atoms with van der Waals surface area (Å²) in [6.07, 6.45) is 0.110. The number of alkyl carbamates (subject to hydrolysis) is 1. The Labute approximate surface area is 185 Å². The molecule has 0 aliphatic heterocycles. The fourth-order valence-electron chi connectivity index (χ4n) is 2.83. The zero-order chi connectivity index (χ0) is 23.8. The standard InChI is InChI=1S/C24H35NO6/c1-16(14-20(27)30-23(3,4)5)21(29-17(2)26)19(15-18-12-10-9-11-13-18)25-22(28)31-24(6,7)8/h9-14,19,21H,15H2,1-8H3,(H,25,28)/b16-14+/t19-,21-/m1/s1. The molecule has 31 heavy (non-hydrogen) atoms. The molecule has 1 N–H and O–H groups in total. The number of benzene rings is 1. The summed E-state index contributed by atoms with van der Waals surface area (Å²) in [5, 5.41) is 2.80. The molecule has 2 atom stereocenters. The molecule has 7 heteroatoms. The summed E-state index contributed by atoms with van der Waals surface area (Å²) in [4.78, 5) is 36.6. The Bertz CT molecular complexity index is 787. The van der Waals surface area contributed by atoms with Crippen molar-refractivity contribution in [1.29, 1.82) is 0 Å². The molecule has 0 radical (unpaired) electrons. The van der Waals surface area contributed by atoms with Crippen LogP contribution in [0.25, 0.3) is 0 Å². The van der Waals surface area contributed by atoms with Crippen molar-refractivity contribution >= 4 is 18.0 Å². The molecule has 0 aliphatic rings. The van der Waals surface area contributed by atoms with Crippen LogP contribution in [-0.4, -0.2) is 41.4 Å². The van der Waals surface area contributed by atoms with Crippen LogP contribution in [0.5, 0.6) is 0 Å². The largest absolute Gasteiger partial charge is 0.457 e. The van der Waals surface area contributed by atoms with Crippen LogP contribution in [0, 0.1) is 0 Å². The molecular formula is C24H35NO6. The van der Waals surface area contributed by atoms with Crippen LogP contribution in [0.2, 0.25) is 0 Å². The highest BCUT2D eigenvalue weighted by Gasteiger charge is 2.30. The minimum absolute atomic E-state index is 0.359. The van der Waals surface area contributed by atoms with Crippen LogP contribution in [0.3, 0.4) is 0 Å². The van der Waals surface area contributed by atoms with Gasteiger partial charge in [-0.2, -0.15) is 0 Å². The van der Waals surface area contributed by atoms with Crippen LogP contribution in [0.1, 0.15) is 61.0 Å². The molecule has 0 saturated carbocycles. The summed E-state index contributed by atoms with van der Waals surface area (Å²) >= 11 is 0. The minimum atomic E-state index is -0.891. The molecule has 172 valence electrons. The first kappa shape index (κ1) is 26.2. The summed E-state index contributed by atoms with van der Waals surface area (Å²) in [6.45, 7) is 13.5. The van der Waals surface area contributed by atoms with E-state index in [1.54, 1.807) is 48.5 Å². The lowest BCUT2D eigenvalue weighted by atomic mass is 9.96. The molecule has 1 rings (SSSR count). The molecule has 0 unspecified atom stereocenters. The molecule has 1 aromatic rings. The fourth-order valence-corrected chi connectivity index (χ4v) is 2.83. The second kappa shape index (κ2) is 11.0. The first-order chi connectivity index (χ1) is 14.2. The van der Waals surface area contributed by atoms with E-state index in [-0.39, 0.29) is 0 Å². The highest BCUT2D eigenvalue weighted by molar-refractivity contribution is 5.83. The van der Waals surface area contributed by atoms with Crippen molar-refractivity contribution in [3.05, 3.63) is 47.5 Å². The van der Waals surface area contributed by atoms with Gasteiger partial charge in [-0.15, -0.1) is 0 Å². The van der Waals surface area contributed by atoms with E-state index in [1.165, 1.54) is 13.0 Å². The fraction of sp³-hybridized carbons (Fsp3) is 0.542. The van der Waals surface area contributed by atoms with Crippen LogP contribution >= 0.6 is 0 Å². The highest BCUT2D eigenvalue weighted by atomic mass is 16.6. The van der Waals surface area contributed by atoms with Crippen molar-refractivity contribution in [2.75, 3.05) is 0 Å². The Kier molecular flexibility index (Phi) is 9.28. The van der Waals surface area contributed by atoms with Gasteiger partial charge in [0, 0.05) is 13.0 Å². The van der Waals surface area contributed by atoms with Gasteiger partial charge in [0.1, 0.15) is 17.3 Å². The number of rotatable bonds is 7. The third-order valence-electron chi connectivity index (χ3n) is 3.86. The first-order valence-corrected chi connectivity index (χ1v) is 10.3. The van der Waals surface area contributed by atoms with Gasteiger partial charge in [0.15, 0.2) is 0 Å². The Balaban J connectivity index is 3.24. The molecule has 0 saturated heterocycles. The Morgan fingerprint density at radius 3 is 1.97 bits per heavy atom. The summed E-state index contributed by atoms with van der Waals surface area (Å²) in [5.41, 5.74) is 0.00937.